The maximum Gasteiger partial charge on any atom is 0.337 e. The highest BCUT2D eigenvalue weighted by Crippen LogP contribution is 2.28. The number of aromatic carboxylic acids is 1. The average Bonchev–Trinajstić information content (AvgIpc) is 3.22. The molecule has 0 spiro atoms. The molecule has 20 heavy (non-hydrogen) atoms. The standard InChI is InChI=1S/C14H19N3O3/c1-8-6-10(7-11(12(8)15)14(19)20)16-4-5-17-13(18)9-2-3-9/h6-7,9,16H,2-5,15H2,1H3,(H,17,18)(H,19,20). The van der Waals surface area contributed by atoms with E-state index in [1.54, 1.807) is 13.0 Å². The van der Waals surface area contributed by atoms with Crippen molar-refractivity contribution in [1.82, 2.24) is 5.32 Å². The molecule has 0 aliphatic heterocycles. The first-order valence-corrected chi connectivity index (χ1v) is 6.64. The number of hydrogen-bond acceptors (Lipinski definition) is 4. The lowest BCUT2D eigenvalue weighted by atomic mass is 10.1. The number of hydrogen-bond donors (Lipinski definition) is 4. The predicted octanol–water partition coefficient (Wildman–Crippen LogP) is 1.21. The van der Waals surface area contributed by atoms with Gasteiger partial charge in [-0.15, -0.1) is 0 Å². The smallest absolute Gasteiger partial charge is 0.337 e. The summed E-state index contributed by atoms with van der Waals surface area (Å²) in [5.74, 6) is -0.741. The molecule has 108 valence electrons. The van der Waals surface area contributed by atoms with Crippen LogP contribution < -0.4 is 16.4 Å². The average molecular weight is 277 g/mol. The Morgan fingerprint density at radius 2 is 2.05 bits per heavy atom. The second kappa shape index (κ2) is 5.81. The predicted molar refractivity (Wildman–Crippen MR) is 76.8 cm³/mol. The Hall–Kier alpha value is -2.24. The van der Waals surface area contributed by atoms with Gasteiger partial charge in [0.05, 0.1) is 5.56 Å². The van der Waals surface area contributed by atoms with Crippen LogP contribution in [0.25, 0.3) is 0 Å². The molecule has 0 atom stereocenters. The summed E-state index contributed by atoms with van der Waals surface area (Å²) in [6.45, 7) is 2.82. The molecule has 2 rings (SSSR count). The number of carboxylic acid groups (broad SMARTS) is 1. The molecule has 1 aromatic carbocycles. The fraction of sp³-hybridized carbons (Fsp3) is 0.429. The van der Waals surface area contributed by atoms with Gasteiger partial charge in [-0.1, -0.05) is 0 Å². The molecule has 6 heteroatoms. The van der Waals surface area contributed by atoms with Gasteiger partial charge in [-0.2, -0.15) is 0 Å². The van der Waals surface area contributed by atoms with Gasteiger partial charge >= 0.3 is 5.97 Å². The quantitative estimate of drug-likeness (QED) is 0.462. The number of nitrogens with two attached hydrogens (primary N) is 1. The number of amides is 1. The van der Waals surface area contributed by atoms with Gasteiger partial charge in [-0.05, 0) is 37.5 Å². The number of carbonyl (C=O) groups excluding carboxylic acids is 1. The van der Waals surface area contributed by atoms with Crippen molar-refractivity contribution >= 4 is 23.3 Å². The van der Waals surface area contributed by atoms with Gasteiger partial charge in [0.1, 0.15) is 0 Å². The van der Waals surface area contributed by atoms with Gasteiger partial charge in [0, 0.05) is 30.4 Å². The van der Waals surface area contributed by atoms with E-state index in [1.807, 2.05) is 0 Å². The third-order valence-electron chi connectivity index (χ3n) is 3.32. The van der Waals surface area contributed by atoms with Crippen LogP contribution in [0.2, 0.25) is 0 Å². The molecule has 0 unspecified atom stereocenters. The van der Waals surface area contributed by atoms with E-state index in [2.05, 4.69) is 10.6 Å². The highest BCUT2D eigenvalue weighted by molar-refractivity contribution is 5.95. The molecule has 1 aromatic rings. The molecule has 0 bridgehead atoms. The number of benzene rings is 1. The fourth-order valence-electron chi connectivity index (χ4n) is 1.96. The summed E-state index contributed by atoms with van der Waals surface area (Å²) in [6.07, 6.45) is 1.97. The minimum absolute atomic E-state index is 0.0921. The van der Waals surface area contributed by atoms with Crippen molar-refractivity contribution in [2.75, 3.05) is 24.1 Å². The molecule has 5 N–H and O–H groups in total. The molecule has 0 saturated heterocycles. The molecule has 1 saturated carbocycles. The first kappa shape index (κ1) is 14.2. The Balaban J connectivity index is 1.89. The first-order valence-electron chi connectivity index (χ1n) is 6.64. The SMILES string of the molecule is Cc1cc(NCCNC(=O)C2CC2)cc(C(=O)O)c1N. The highest BCUT2D eigenvalue weighted by Gasteiger charge is 2.28. The number of rotatable bonds is 6. The Morgan fingerprint density at radius 3 is 2.65 bits per heavy atom. The van der Waals surface area contributed by atoms with Crippen molar-refractivity contribution in [2.45, 2.75) is 19.8 Å². The fourth-order valence-corrected chi connectivity index (χ4v) is 1.96. The molecular formula is C14H19N3O3. The van der Waals surface area contributed by atoms with E-state index in [-0.39, 0.29) is 23.1 Å². The van der Waals surface area contributed by atoms with E-state index in [0.717, 1.165) is 18.4 Å². The highest BCUT2D eigenvalue weighted by atomic mass is 16.4. The maximum absolute atomic E-state index is 11.4. The van der Waals surface area contributed by atoms with Gasteiger partial charge in [0.2, 0.25) is 5.91 Å². The lowest BCUT2D eigenvalue weighted by Gasteiger charge is -2.11. The zero-order valence-corrected chi connectivity index (χ0v) is 11.4. The number of nitrogen functional groups attached to an aromatic ring is 1. The third-order valence-corrected chi connectivity index (χ3v) is 3.32. The van der Waals surface area contributed by atoms with Crippen molar-refractivity contribution in [3.05, 3.63) is 23.3 Å². The van der Waals surface area contributed by atoms with Crippen molar-refractivity contribution in [1.29, 1.82) is 0 Å². The zero-order chi connectivity index (χ0) is 14.7. The molecule has 1 amide bonds. The third kappa shape index (κ3) is 3.40. The topological polar surface area (TPSA) is 104 Å². The maximum atomic E-state index is 11.4. The van der Waals surface area contributed by atoms with Crippen molar-refractivity contribution in [3.8, 4) is 0 Å². The summed E-state index contributed by atoms with van der Waals surface area (Å²) in [5.41, 5.74) is 7.50. The van der Waals surface area contributed by atoms with Crippen molar-refractivity contribution < 1.29 is 14.7 Å². The second-order valence-electron chi connectivity index (χ2n) is 5.05. The Kier molecular flexibility index (Phi) is 4.12. The van der Waals surface area contributed by atoms with E-state index in [9.17, 15) is 9.59 Å². The summed E-state index contributed by atoms with van der Waals surface area (Å²) in [7, 11) is 0. The van der Waals surface area contributed by atoms with Crippen LogP contribution in [-0.2, 0) is 4.79 Å². The van der Waals surface area contributed by atoms with Gasteiger partial charge in [0.15, 0.2) is 0 Å². The van der Waals surface area contributed by atoms with E-state index >= 15 is 0 Å². The number of carbonyl (C=O) groups is 2. The summed E-state index contributed by atoms with van der Waals surface area (Å²) in [6, 6.07) is 3.30. The van der Waals surface area contributed by atoms with E-state index in [4.69, 9.17) is 10.8 Å². The van der Waals surface area contributed by atoms with Crippen LogP contribution in [0.15, 0.2) is 12.1 Å². The van der Waals surface area contributed by atoms with E-state index in [1.165, 1.54) is 6.07 Å². The zero-order valence-electron chi connectivity index (χ0n) is 11.4. The number of aryl methyl sites for hydroxylation is 1. The van der Waals surface area contributed by atoms with Gasteiger partial charge < -0.3 is 21.5 Å². The van der Waals surface area contributed by atoms with Crippen LogP contribution in [0.4, 0.5) is 11.4 Å². The molecule has 0 aromatic heterocycles. The largest absolute Gasteiger partial charge is 0.478 e. The molecule has 0 radical (unpaired) electrons. The number of anilines is 2. The lowest BCUT2D eigenvalue weighted by molar-refractivity contribution is -0.122. The molecule has 6 nitrogen and oxygen atoms in total. The minimum Gasteiger partial charge on any atom is -0.478 e. The Morgan fingerprint density at radius 1 is 1.35 bits per heavy atom. The molecular weight excluding hydrogens is 258 g/mol. The number of carboxylic acids is 1. The van der Waals surface area contributed by atoms with Crippen LogP contribution >= 0.6 is 0 Å². The summed E-state index contributed by atoms with van der Waals surface area (Å²) in [5, 5.41) is 15.0. The van der Waals surface area contributed by atoms with Crippen LogP contribution in [0.5, 0.6) is 0 Å². The minimum atomic E-state index is -1.05. The van der Waals surface area contributed by atoms with E-state index in [0.29, 0.717) is 18.8 Å². The van der Waals surface area contributed by atoms with Crippen LogP contribution in [0, 0.1) is 12.8 Å². The van der Waals surface area contributed by atoms with Crippen LogP contribution in [0.1, 0.15) is 28.8 Å². The van der Waals surface area contributed by atoms with Gasteiger partial charge in [-0.3, -0.25) is 4.79 Å². The molecule has 1 fully saturated rings. The normalized spacial score (nSPS) is 13.8. The lowest BCUT2D eigenvalue weighted by Crippen LogP contribution is -2.29. The Bertz CT molecular complexity index is 539. The van der Waals surface area contributed by atoms with Crippen LogP contribution in [-0.4, -0.2) is 30.1 Å². The first-order chi connectivity index (χ1) is 9.49. The van der Waals surface area contributed by atoms with Crippen molar-refractivity contribution in [3.63, 3.8) is 0 Å². The van der Waals surface area contributed by atoms with Gasteiger partial charge in [0.25, 0.3) is 0 Å². The molecule has 1 aliphatic rings. The molecule has 1 aliphatic carbocycles. The second-order valence-corrected chi connectivity index (χ2v) is 5.05. The number of nitrogens with one attached hydrogen (secondary N) is 2. The summed E-state index contributed by atoms with van der Waals surface area (Å²) < 4.78 is 0. The van der Waals surface area contributed by atoms with Crippen LogP contribution in [0.3, 0.4) is 0 Å². The van der Waals surface area contributed by atoms with E-state index < -0.39 is 5.97 Å². The summed E-state index contributed by atoms with van der Waals surface area (Å²) >= 11 is 0. The van der Waals surface area contributed by atoms with Gasteiger partial charge in [-0.25, -0.2) is 4.79 Å². The summed E-state index contributed by atoms with van der Waals surface area (Å²) in [4.78, 5) is 22.5. The molecule has 0 heterocycles. The Labute approximate surface area is 117 Å². The van der Waals surface area contributed by atoms with Crippen molar-refractivity contribution in [2.24, 2.45) is 5.92 Å². The monoisotopic (exact) mass is 277 g/mol.